The van der Waals surface area contributed by atoms with E-state index in [-0.39, 0.29) is 5.78 Å². The minimum Gasteiger partial charge on any atom is -0.298 e. The number of rotatable bonds is 1. The van der Waals surface area contributed by atoms with Gasteiger partial charge in [0.2, 0.25) is 0 Å². The molecule has 1 aliphatic carbocycles. The Kier molecular flexibility index (Phi) is 2.82. The topological polar surface area (TPSA) is 17.1 Å². The molecule has 0 unspecified atom stereocenters. The van der Waals surface area contributed by atoms with Crippen molar-refractivity contribution >= 4 is 17.4 Å². The van der Waals surface area contributed by atoms with Gasteiger partial charge in [-0.1, -0.05) is 13.8 Å². The van der Waals surface area contributed by atoms with Crippen LogP contribution in [0.4, 0.5) is 0 Å². The van der Waals surface area contributed by atoms with Crippen molar-refractivity contribution in [3.8, 4) is 0 Å². The average Bonchev–Trinajstić information content (AvgIpc) is 1.94. The van der Waals surface area contributed by atoms with E-state index in [1.807, 2.05) is 6.92 Å². The normalized spacial score (nSPS) is 37.4. The molecule has 0 bridgehead atoms. The highest BCUT2D eigenvalue weighted by Crippen LogP contribution is 2.36. The maximum absolute atomic E-state index is 11.5. The molecule has 0 N–H and O–H groups in total. The van der Waals surface area contributed by atoms with E-state index in [2.05, 4.69) is 13.8 Å². The second-order valence-electron chi connectivity index (χ2n) is 4.37. The lowest BCUT2D eigenvalue weighted by atomic mass is 9.76. The smallest absolute Gasteiger partial charge is 0.153 e. The van der Waals surface area contributed by atoms with E-state index in [9.17, 15) is 4.79 Å². The largest absolute Gasteiger partial charge is 0.298 e. The highest BCUT2D eigenvalue weighted by atomic mass is 35.5. The molecule has 2 heteroatoms. The molecule has 1 rings (SSSR count). The minimum absolute atomic E-state index is 0.231. The van der Waals surface area contributed by atoms with Crippen LogP contribution in [-0.2, 0) is 4.79 Å². The zero-order chi connectivity index (χ0) is 9.35. The summed E-state index contributed by atoms with van der Waals surface area (Å²) in [6.45, 7) is 6.19. The van der Waals surface area contributed by atoms with Gasteiger partial charge in [-0.15, -0.1) is 11.6 Å². The number of alkyl halides is 1. The van der Waals surface area contributed by atoms with Gasteiger partial charge in [0.05, 0.1) is 4.87 Å². The Morgan fingerprint density at radius 2 is 2.17 bits per heavy atom. The average molecular weight is 189 g/mol. The number of hydrogen-bond acceptors (Lipinski definition) is 1. The molecule has 2 atom stereocenters. The van der Waals surface area contributed by atoms with Crippen molar-refractivity contribution in [2.24, 2.45) is 11.8 Å². The Morgan fingerprint density at radius 3 is 2.58 bits per heavy atom. The first kappa shape index (κ1) is 10.0. The van der Waals surface area contributed by atoms with Gasteiger partial charge in [0.1, 0.15) is 0 Å². The van der Waals surface area contributed by atoms with Crippen LogP contribution in [0.25, 0.3) is 0 Å². The summed E-state index contributed by atoms with van der Waals surface area (Å²) < 4.78 is 0. The summed E-state index contributed by atoms with van der Waals surface area (Å²) in [6, 6.07) is 0. The van der Waals surface area contributed by atoms with Gasteiger partial charge in [-0.25, -0.2) is 0 Å². The summed E-state index contributed by atoms with van der Waals surface area (Å²) in [5.41, 5.74) is 0. The number of carbonyl (C=O) groups is 1. The number of ketones is 1. The van der Waals surface area contributed by atoms with Gasteiger partial charge in [-0.3, -0.25) is 4.79 Å². The van der Waals surface area contributed by atoms with Crippen LogP contribution in [0.15, 0.2) is 0 Å². The molecule has 0 aromatic heterocycles. The zero-order valence-corrected chi connectivity index (χ0v) is 8.82. The first-order valence-corrected chi connectivity index (χ1v) is 5.03. The monoisotopic (exact) mass is 188 g/mol. The van der Waals surface area contributed by atoms with Gasteiger partial charge in [0.15, 0.2) is 5.78 Å². The third kappa shape index (κ3) is 2.01. The maximum atomic E-state index is 11.5. The van der Waals surface area contributed by atoms with Gasteiger partial charge in [-0.2, -0.15) is 0 Å². The highest BCUT2D eigenvalue weighted by molar-refractivity contribution is 6.35. The molecule has 1 fully saturated rings. The fraction of sp³-hybridized carbons (Fsp3) is 0.900. The van der Waals surface area contributed by atoms with Crippen LogP contribution >= 0.6 is 11.6 Å². The molecule has 0 amide bonds. The van der Waals surface area contributed by atoms with E-state index >= 15 is 0 Å². The zero-order valence-electron chi connectivity index (χ0n) is 8.06. The molecule has 1 saturated carbocycles. The van der Waals surface area contributed by atoms with Crippen molar-refractivity contribution in [3.63, 3.8) is 0 Å². The Labute approximate surface area is 79.5 Å². The Morgan fingerprint density at radius 1 is 1.58 bits per heavy atom. The number of hydrogen-bond donors (Lipinski definition) is 0. The molecule has 70 valence electrons. The lowest BCUT2D eigenvalue weighted by molar-refractivity contribution is -0.124. The minimum atomic E-state index is -0.564. The van der Waals surface area contributed by atoms with Crippen molar-refractivity contribution in [3.05, 3.63) is 0 Å². The van der Waals surface area contributed by atoms with E-state index < -0.39 is 4.87 Å². The van der Waals surface area contributed by atoms with Crippen LogP contribution in [0.2, 0.25) is 0 Å². The van der Waals surface area contributed by atoms with E-state index in [0.717, 1.165) is 12.8 Å². The van der Waals surface area contributed by atoms with Crippen molar-refractivity contribution in [2.75, 3.05) is 0 Å². The summed E-state index contributed by atoms with van der Waals surface area (Å²) in [6.07, 6.45) is 2.62. The molecule has 0 aromatic rings. The summed E-state index contributed by atoms with van der Waals surface area (Å²) in [7, 11) is 0. The Bertz CT molecular complexity index is 184. The second-order valence-corrected chi connectivity index (χ2v) is 5.20. The fourth-order valence-corrected chi connectivity index (χ4v) is 1.90. The summed E-state index contributed by atoms with van der Waals surface area (Å²) in [4.78, 5) is 10.9. The Hall–Kier alpha value is -0.0400. The van der Waals surface area contributed by atoms with Gasteiger partial charge < -0.3 is 0 Å². The molecule has 0 aliphatic heterocycles. The van der Waals surface area contributed by atoms with Crippen LogP contribution in [0, 0.1) is 11.8 Å². The SMILES string of the molecule is CC(C)[C@@H]1CC[C@](C)(Cl)C(=O)C1. The van der Waals surface area contributed by atoms with Crippen molar-refractivity contribution in [1.29, 1.82) is 0 Å². The first-order valence-electron chi connectivity index (χ1n) is 4.65. The van der Waals surface area contributed by atoms with E-state index in [0.29, 0.717) is 18.3 Å². The number of carbonyl (C=O) groups excluding carboxylic acids is 1. The van der Waals surface area contributed by atoms with Crippen LogP contribution in [0.5, 0.6) is 0 Å². The fourth-order valence-electron chi connectivity index (χ4n) is 1.72. The number of Topliss-reactive ketones (excluding diaryl/α,β-unsaturated/α-hetero) is 1. The molecule has 1 aliphatic rings. The predicted octanol–water partition coefficient (Wildman–Crippen LogP) is 3.01. The van der Waals surface area contributed by atoms with E-state index in [1.165, 1.54) is 0 Å². The summed E-state index contributed by atoms with van der Waals surface area (Å²) in [5.74, 6) is 1.40. The molecule has 0 spiro atoms. The van der Waals surface area contributed by atoms with Gasteiger partial charge in [0.25, 0.3) is 0 Å². The maximum Gasteiger partial charge on any atom is 0.153 e. The lowest BCUT2D eigenvalue weighted by Gasteiger charge is -2.32. The van der Waals surface area contributed by atoms with Gasteiger partial charge in [-0.05, 0) is 31.6 Å². The molecular formula is C10H17ClO. The van der Waals surface area contributed by atoms with Crippen molar-refractivity contribution < 1.29 is 4.79 Å². The molecule has 0 radical (unpaired) electrons. The van der Waals surface area contributed by atoms with E-state index in [1.54, 1.807) is 0 Å². The van der Waals surface area contributed by atoms with Crippen LogP contribution < -0.4 is 0 Å². The first-order chi connectivity index (χ1) is 5.43. The van der Waals surface area contributed by atoms with Crippen molar-refractivity contribution in [2.45, 2.75) is 44.9 Å². The second kappa shape index (κ2) is 3.37. The predicted molar refractivity (Wildman–Crippen MR) is 51.4 cm³/mol. The molecule has 0 heterocycles. The third-order valence-corrected chi connectivity index (χ3v) is 3.36. The van der Waals surface area contributed by atoms with Crippen molar-refractivity contribution in [1.82, 2.24) is 0 Å². The van der Waals surface area contributed by atoms with Crippen LogP contribution in [-0.4, -0.2) is 10.7 Å². The van der Waals surface area contributed by atoms with E-state index in [4.69, 9.17) is 11.6 Å². The van der Waals surface area contributed by atoms with Gasteiger partial charge >= 0.3 is 0 Å². The number of halogens is 1. The van der Waals surface area contributed by atoms with Crippen LogP contribution in [0.1, 0.15) is 40.0 Å². The Balaban J connectivity index is 2.58. The molecule has 1 nitrogen and oxygen atoms in total. The molecule has 12 heavy (non-hydrogen) atoms. The third-order valence-electron chi connectivity index (χ3n) is 2.96. The quantitative estimate of drug-likeness (QED) is 0.579. The van der Waals surface area contributed by atoms with Gasteiger partial charge in [0, 0.05) is 6.42 Å². The highest BCUT2D eigenvalue weighted by Gasteiger charge is 2.37. The van der Waals surface area contributed by atoms with Crippen LogP contribution in [0.3, 0.4) is 0 Å². The standard InChI is InChI=1S/C10H17ClO/c1-7(2)8-4-5-10(3,11)9(12)6-8/h7-8H,4-6H2,1-3H3/t8-,10+/m1/s1. The molecule has 0 aromatic carbocycles. The lowest BCUT2D eigenvalue weighted by Crippen LogP contribution is -2.37. The molecular weight excluding hydrogens is 172 g/mol. The molecule has 0 saturated heterocycles. The summed E-state index contributed by atoms with van der Waals surface area (Å²) >= 11 is 6.04. The summed E-state index contributed by atoms with van der Waals surface area (Å²) in [5, 5.41) is 0.